The van der Waals surface area contributed by atoms with E-state index in [2.05, 4.69) is 18.2 Å². The molecule has 0 aliphatic carbocycles. The maximum Gasteiger partial charge on any atom is 0.302 e. The van der Waals surface area contributed by atoms with Gasteiger partial charge in [-0.25, -0.2) is 0 Å². The Morgan fingerprint density at radius 3 is 3.00 bits per heavy atom. The Balaban J connectivity index is 1.75. The lowest BCUT2D eigenvalue weighted by Gasteiger charge is -2.35. The van der Waals surface area contributed by atoms with Crippen LogP contribution in [0.1, 0.15) is 18.9 Å². The SMILES string of the molecule is CC(=O)OC/C=C/[C@@H]1C[C@]2(c3ccccc3)OCC=C[C@@H]2O1. The Morgan fingerprint density at radius 1 is 1.41 bits per heavy atom. The molecule has 22 heavy (non-hydrogen) atoms. The van der Waals surface area contributed by atoms with Gasteiger partial charge in [0.15, 0.2) is 0 Å². The summed E-state index contributed by atoms with van der Waals surface area (Å²) in [6.07, 6.45) is 8.46. The Labute approximate surface area is 130 Å². The zero-order chi connectivity index (χ0) is 15.4. The highest BCUT2D eigenvalue weighted by molar-refractivity contribution is 5.65. The van der Waals surface area contributed by atoms with E-state index in [0.29, 0.717) is 6.61 Å². The molecule has 2 aliphatic rings. The van der Waals surface area contributed by atoms with Crippen LogP contribution in [0.4, 0.5) is 0 Å². The third-order valence-electron chi connectivity index (χ3n) is 4.03. The number of carbonyl (C=O) groups excluding carboxylic acids is 1. The molecule has 0 saturated carbocycles. The maximum atomic E-state index is 10.8. The minimum Gasteiger partial charge on any atom is -0.462 e. The first-order valence-corrected chi connectivity index (χ1v) is 7.52. The normalized spacial score (nSPS) is 30.4. The van der Waals surface area contributed by atoms with Gasteiger partial charge in [-0.2, -0.15) is 0 Å². The van der Waals surface area contributed by atoms with Crippen LogP contribution in [-0.4, -0.2) is 31.4 Å². The molecule has 4 heteroatoms. The second kappa shape index (κ2) is 6.46. The molecule has 0 bridgehead atoms. The summed E-state index contributed by atoms with van der Waals surface area (Å²) in [5.74, 6) is -0.280. The number of hydrogen-bond donors (Lipinski definition) is 0. The van der Waals surface area contributed by atoms with Crippen molar-refractivity contribution >= 4 is 5.97 Å². The van der Waals surface area contributed by atoms with Gasteiger partial charge in [0, 0.05) is 13.3 Å². The van der Waals surface area contributed by atoms with Crippen molar-refractivity contribution in [3.05, 3.63) is 60.2 Å². The molecule has 1 fully saturated rings. The highest BCUT2D eigenvalue weighted by Crippen LogP contribution is 2.45. The summed E-state index contributed by atoms with van der Waals surface area (Å²) in [7, 11) is 0. The van der Waals surface area contributed by atoms with Crippen molar-refractivity contribution in [2.75, 3.05) is 13.2 Å². The van der Waals surface area contributed by atoms with Crippen molar-refractivity contribution < 1.29 is 19.0 Å². The molecule has 0 radical (unpaired) electrons. The molecule has 3 rings (SSSR count). The minimum absolute atomic E-state index is 0.0523. The van der Waals surface area contributed by atoms with Gasteiger partial charge in [-0.1, -0.05) is 48.6 Å². The van der Waals surface area contributed by atoms with Crippen LogP contribution < -0.4 is 0 Å². The maximum absolute atomic E-state index is 10.8. The average Bonchev–Trinajstić information content (AvgIpc) is 2.92. The van der Waals surface area contributed by atoms with Crippen molar-refractivity contribution in [1.82, 2.24) is 0 Å². The largest absolute Gasteiger partial charge is 0.462 e. The fourth-order valence-electron chi connectivity index (χ4n) is 3.05. The molecule has 0 spiro atoms. The zero-order valence-corrected chi connectivity index (χ0v) is 12.6. The van der Waals surface area contributed by atoms with Crippen LogP contribution in [0.5, 0.6) is 0 Å². The third-order valence-corrected chi connectivity index (χ3v) is 4.03. The van der Waals surface area contributed by atoms with Gasteiger partial charge in [-0.05, 0) is 11.6 Å². The van der Waals surface area contributed by atoms with E-state index < -0.39 is 5.60 Å². The summed E-state index contributed by atoms with van der Waals surface area (Å²) < 4.78 is 17.1. The number of carbonyl (C=O) groups is 1. The number of rotatable bonds is 4. The van der Waals surface area contributed by atoms with Crippen molar-refractivity contribution in [2.45, 2.75) is 31.2 Å². The van der Waals surface area contributed by atoms with E-state index in [1.165, 1.54) is 6.92 Å². The van der Waals surface area contributed by atoms with Gasteiger partial charge < -0.3 is 14.2 Å². The average molecular weight is 300 g/mol. The van der Waals surface area contributed by atoms with Gasteiger partial charge >= 0.3 is 5.97 Å². The summed E-state index contributed by atoms with van der Waals surface area (Å²) in [5, 5.41) is 0. The lowest BCUT2D eigenvalue weighted by Crippen LogP contribution is -2.39. The van der Waals surface area contributed by atoms with Gasteiger partial charge in [-0.3, -0.25) is 4.79 Å². The highest BCUT2D eigenvalue weighted by Gasteiger charge is 2.50. The molecule has 1 aromatic rings. The van der Waals surface area contributed by atoms with Crippen molar-refractivity contribution in [3.63, 3.8) is 0 Å². The Hall–Kier alpha value is -1.91. The Kier molecular flexibility index (Phi) is 4.41. The lowest BCUT2D eigenvalue weighted by molar-refractivity contribution is -0.139. The van der Waals surface area contributed by atoms with Gasteiger partial charge in [0.1, 0.15) is 18.3 Å². The fraction of sp³-hybridized carbons (Fsp3) is 0.389. The first-order chi connectivity index (χ1) is 10.7. The smallest absolute Gasteiger partial charge is 0.302 e. The third kappa shape index (κ3) is 2.98. The summed E-state index contributed by atoms with van der Waals surface area (Å²) in [4.78, 5) is 10.8. The molecule has 0 N–H and O–H groups in total. The Morgan fingerprint density at radius 2 is 2.23 bits per heavy atom. The number of hydrogen-bond acceptors (Lipinski definition) is 4. The molecule has 0 unspecified atom stereocenters. The number of fused-ring (bicyclic) bond motifs is 1. The molecule has 3 atom stereocenters. The molecule has 2 aliphatic heterocycles. The van der Waals surface area contributed by atoms with Crippen LogP contribution in [0.15, 0.2) is 54.6 Å². The predicted octanol–water partition coefficient (Wildman–Crippen LogP) is 2.75. The van der Waals surface area contributed by atoms with Crippen molar-refractivity contribution in [2.24, 2.45) is 0 Å². The molecular weight excluding hydrogens is 280 g/mol. The monoisotopic (exact) mass is 300 g/mol. The van der Waals surface area contributed by atoms with Gasteiger partial charge in [-0.15, -0.1) is 0 Å². The van der Waals surface area contributed by atoms with Crippen molar-refractivity contribution in [3.8, 4) is 0 Å². The topological polar surface area (TPSA) is 44.8 Å². The molecule has 1 aromatic carbocycles. The summed E-state index contributed by atoms with van der Waals surface area (Å²) >= 11 is 0. The van der Waals surface area contributed by atoms with E-state index in [-0.39, 0.29) is 24.8 Å². The first kappa shape index (κ1) is 15.0. The van der Waals surface area contributed by atoms with Crippen LogP contribution in [-0.2, 0) is 24.6 Å². The molecule has 0 amide bonds. The van der Waals surface area contributed by atoms with E-state index in [1.54, 1.807) is 0 Å². The van der Waals surface area contributed by atoms with Crippen LogP contribution in [0.3, 0.4) is 0 Å². The summed E-state index contributed by atoms with van der Waals surface area (Å²) in [5.41, 5.74) is 0.715. The van der Waals surface area contributed by atoms with Crippen LogP contribution in [0.25, 0.3) is 0 Å². The molecule has 2 heterocycles. The summed E-state index contributed by atoms with van der Waals surface area (Å²) in [6, 6.07) is 10.2. The summed E-state index contributed by atoms with van der Waals surface area (Å²) in [6.45, 7) is 2.27. The molecular formula is C18H20O4. The van der Waals surface area contributed by atoms with Crippen LogP contribution in [0.2, 0.25) is 0 Å². The zero-order valence-electron chi connectivity index (χ0n) is 12.6. The van der Waals surface area contributed by atoms with E-state index in [4.69, 9.17) is 14.2 Å². The molecule has 4 nitrogen and oxygen atoms in total. The molecule has 0 aromatic heterocycles. The van der Waals surface area contributed by atoms with Crippen LogP contribution >= 0.6 is 0 Å². The standard InChI is InChI=1S/C18H20O4/c1-14(19)20-11-5-9-16-13-18(15-7-3-2-4-8-15)17(22-16)10-6-12-21-18/h2-10,16-17H,11-13H2,1H3/b9-5+/t16-,17+,18-/m1/s1. The van der Waals surface area contributed by atoms with E-state index in [0.717, 1.165) is 12.0 Å². The van der Waals surface area contributed by atoms with E-state index >= 15 is 0 Å². The highest BCUT2D eigenvalue weighted by atomic mass is 16.6. The second-order valence-corrected chi connectivity index (χ2v) is 5.52. The minimum atomic E-state index is -0.424. The van der Waals surface area contributed by atoms with E-state index in [9.17, 15) is 4.79 Å². The van der Waals surface area contributed by atoms with Gasteiger partial charge in [0.25, 0.3) is 0 Å². The van der Waals surface area contributed by atoms with Gasteiger partial charge in [0.2, 0.25) is 0 Å². The number of esters is 1. The molecule has 1 saturated heterocycles. The van der Waals surface area contributed by atoms with Gasteiger partial charge in [0.05, 0.1) is 12.7 Å². The quantitative estimate of drug-likeness (QED) is 0.633. The number of benzene rings is 1. The lowest BCUT2D eigenvalue weighted by atomic mass is 9.84. The second-order valence-electron chi connectivity index (χ2n) is 5.52. The predicted molar refractivity (Wildman–Crippen MR) is 82.3 cm³/mol. The van der Waals surface area contributed by atoms with E-state index in [1.807, 2.05) is 36.4 Å². The number of ether oxygens (including phenoxy) is 3. The Bertz CT molecular complexity index is 578. The fourth-order valence-corrected chi connectivity index (χ4v) is 3.05. The van der Waals surface area contributed by atoms with Crippen molar-refractivity contribution in [1.29, 1.82) is 0 Å². The van der Waals surface area contributed by atoms with Crippen LogP contribution in [0, 0.1) is 0 Å². The first-order valence-electron chi connectivity index (χ1n) is 7.52. The molecule has 116 valence electrons.